The number of cyclic esters (lactones) is 1. The molecule has 9 amide bonds. The highest BCUT2D eigenvalue weighted by molar-refractivity contribution is 7.92. The number of methoxy groups -OCH3 is 1. The molecule has 0 bridgehead atoms. The van der Waals surface area contributed by atoms with E-state index in [9.17, 15) is 51.6 Å². The third-order valence-electron chi connectivity index (χ3n) is 14.0. The van der Waals surface area contributed by atoms with Crippen molar-refractivity contribution in [2.75, 3.05) is 45.8 Å². The summed E-state index contributed by atoms with van der Waals surface area (Å²) < 4.78 is 44.8. The highest BCUT2D eigenvalue weighted by atomic mass is 32.2. The number of carbonyl (C=O) groups is 9. The van der Waals surface area contributed by atoms with Gasteiger partial charge in [-0.3, -0.25) is 43.2 Å². The number of ether oxygens (including phenoxy) is 3. The number of sulfonamides is 1. The third kappa shape index (κ3) is 13.7. The lowest BCUT2D eigenvalue weighted by Crippen LogP contribution is -2.57. The van der Waals surface area contributed by atoms with Gasteiger partial charge in [0.1, 0.15) is 5.75 Å². The van der Waals surface area contributed by atoms with E-state index >= 15 is 0 Å². The number of para-hydroxylation sites is 2. The van der Waals surface area contributed by atoms with Crippen LogP contribution in [0.2, 0.25) is 0 Å². The minimum Gasteiger partial charge on any atom is -0.495 e. The fourth-order valence-corrected chi connectivity index (χ4v) is 10.2. The molecule has 5 aromatic rings. The van der Waals surface area contributed by atoms with Gasteiger partial charge in [0.2, 0.25) is 18.2 Å². The van der Waals surface area contributed by atoms with E-state index in [1.54, 1.807) is 120 Å². The van der Waals surface area contributed by atoms with Crippen LogP contribution in [-0.4, -0.2) is 121 Å². The molecule has 22 nitrogen and oxygen atoms in total. The highest BCUT2D eigenvalue weighted by Crippen LogP contribution is 2.35. The zero-order chi connectivity index (χ0) is 60.7. The molecule has 83 heavy (non-hydrogen) atoms. The maximum atomic E-state index is 13.9. The number of nitrogens with one attached hydrogen (secondary N) is 4. The molecule has 438 valence electrons. The second-order valence-corrected chi connectivity index (χ2v) is 23.1. The summed E-state index contributed by atoms with van der Waals surface area (Å²) in [4.78, 5) is 125. The van der Waals surface area contributed by atoms with Gasteiger partial charge in [-0.15, -0.1) is 0 Å². The number of nitrogens with zero attached hydrogens (tertiary/aromatic N) is 4. The summed E-state index contributed by atoms with van der Waals surface area (Å²) in [5.41, 5.74) is 1.01. The third-order valence-corrected chi connectivity index (χ3v) is 15.3. The van der Waals surface area contributed by atoms with E-state index in [1.807, 2.05) is 25.1 Å². The van der Waals surface area contributed by atoms with E-state index in [1.165, 1.54) is 55.0 Å². The summed E-state index contributed by atoms with van der Waals surface area (Å²) in [5, 5.41) is 8.04. The molecule has 4 N–H and O–H groups in total. The number of rotatable bonds is 19. The summed E-state index contributed by atoms with van der Waals surface area (Å²) in [6.45, 7) is 15.0. The van der Waals surface area contributed by atoms with Gasteiger partial charge < -0.3 is 35.1 Å². The first-order valence-electron chi connectivity index (χ1n) is 26.8. The zero-order valence-electron chi connectivity index (χ0n) is 47.8. The smallest absolute Gasteiger partial charge is 0.418 e. The Balaban J connectivity index is 0.000000239. The number of hydrogen-bond donors (Lipinski definition) is 4. The van der Waals surface area contributed by atoms with E-state index < -0.39 is 86.8 Å². The van der Waals surface area contributed by atoms with Crippen molar-refractivity contribution >= 4 is 91.8 Å². The molecule has 8 rings (SSSR count). The number of aryl methyl sites for hydroxylation is 1. The molecule has 0 saturated carbocycles. The molecule has 0 spiro atoms. The summed E-state index contributed by atoms with van der Waals surface area (Å²) in [5.74, 6) is -5.16. The maximum absolute atomic E-state index is 13.9. The van der Waals surface area contributed by atoms with Gasteiger partial charge in [-0.1, -0.05) is 107 Å². The topological polar surface area (TPSA) is 277 Å². The number of imide groups is 2. The Morgan fingerprint density at radius 3 is 1.99 bits per heavy atom. The number of urea groups is 1. The van der Waals surface area contributed by atoms with Gasteiger partial charge in [-0.2, -0.15) is 0 Å². The Hall–Kier alpha value is -8.96. The number of benzene rings is 5. The predicted octanol–water partition coefficient (Wildman–Crippen LogP) is 7.88. The van der Waals surface area contributed by atoms with Gasteiger partial charge >= 0.3 is 12.1 Å². The van der Waals surface area contributed by atoms with Gasteiger partial charge in [-0.05, 0) is 106 Å². The van der Waals surface area contributed by atoms with E-state index in [4.69, 9.17) is 14.2 Å². The SMILES string of the molecule is CCOC1C(=O)N(C(C(=O)Nc2cc(NC(=O)C(C)CC)ccc2OC)C(=O)C(C)(C)C)C(=O)N1Cc1ccccc1.Cc1ccc(S(=O)(=O)Nc2ccccc2)cc1NC(=O)C(C(=O)N1CCc2ccccc21)N1C(=O)OC(C)(C)C1=O. The molecule has 2 fully saturated rings. The summed E-state index contributed by atoms with van der Waals surface area (Å²) in [6, 6.07) is 28.8. The Bertz CT molecular complexity index is 3440. The molecule has 3 aliphatic heterocycles. The van der Waals surface area contributed by atoms with E-state index in [2.05, 4.69) is 20.7 Å². The van der Waals surface area contributed by atoms with Crippen LogP contribution in [0.5, 0.6) is 5.75 Å². The molecule has 4 atom stereocenters. The van der Waals surface area contributed by atoms with Crippen LogP contribution in [0.3, 0.4) is 0 Å². The van der Waals surface area contributed by atoms with Crippen LogP contribution in [0.4, 0.5) is 38.0 Å². The minimum atomic E-state index is -4.04. The van der Waals surface area contributed by atoms with Crippen molar-refractivity contribution in [2.24, 2.45) is 11.3 Å². The van der Waals surface area contributed by atoms with Crippen molar-refractivity contribution in [3.8, 4) is 5.75 Å². The minimum absolute atomic E-state index is 0.0381. The molecule has 4 unspecified atom stereocenters. The van der Waals surface area contributed by atoms with Crippen molar-refractivity contribution in [1.82, 2.24) is 14.7 Å². The lowest BCUT2D eigenvalue weighted by atomic mass is 9.85. The Morgan fingerprint density at radius 2 is 1.37 bits per heavy atom. The monoisotopic (exact) mass is 1160 g/mol. The standard InChI is InChI=1S/C31H40N4O7.C29H28N4O7S/c1-8-19(3)26(37)32-21-15-16-23(41-7)22(17-21)33-27(38)24(25(36)31(4,5)6)35-28(39)29(42-9-2)34(30(35)40)18-20-13-11-10-12-14-20;1-18-13-14-21(41(38,39)31-20-10-5-4-6-11-20)17-22(18)30-25(34)24(33-27(36)29(2,3)40-28(33)37)26(35)32-16-15-19-9-7-8-12-23(19)32/h10-17,19,24,29H,8-9,18H2,1-7H3,(H,32,37)(H,33,38);4-14,17,24,31H,15-16H2,1-3H3,(H,30,34). The Morgan fingerprint density at radius 1 is 0.747 bits per heavy atom. The van der Waals surface area contributed by atoms with Crippen LogP contribution in [0, 0.1) is 18.3 Å². The molecule has 23 heteroatoms. The fraction of sp³-hybridized carbons (Fsp3) is 0.350. The fourth-order valence-electron chi connectivity index (χ4n) is 9.16. The van der Waals surface area contributed by atoms with Crippen molar-refractivity contribution in [1.29, 1.82) is 0 Å². The summed E-state index contributed by atoms with van der Waals surface area (Å²) in [6.07, 6.45) is -1.25. The lowest BCUT2D eigenvalue weighted by molar-refractivity contribution is -0.149. The maximum Gasteiger partial charge on any atom is 0.418 e. The van der Waals surface area contributed by atoms with Crippen molar-refractivity contribution in [3.05, 3.63) is 138 Å². The highest BCUT2D eigenvalue weighted by Gasteiger charge is 2.56. The second kappa shape index (κ2) is 25.5. The molecule has 0 aromatic heterocycles. The van der Waals surface area contributed by atoms with Crippen LogP contribution in [0.1, 0.15) is 78.5 Å². The quantitative estimate of drug-likeness (QED) is 0.0452. The van der Waals surface area contributed by atoms with Gasteiger partial charge in [-0.25, -0.2) is 27.8 Å². The van der Waals surface area contributed by atoms with Gasteiger partial charge in [0.15, 0.2) is 17.4 Å². The number of anilines is 5. The van der Waals surface area contributed by atoms with Crippen LogP contribution in [0.25, 0.3) is 0 Å². The van der Waals surface area contributed by atoms with Crippen molar-refractivity contribution in [2.45, 2.75) is 111 Å². The normalized spacial score (nSPS) is 16.7. The zero-order valence-corrected chi connectivity index (χ0v) is 48.6. The number of amides is 9. The molecular weight excluding hydrogens is 1090 g/mol. The average Bonchev–Trinajstić information content (AvgIpc) is 3.24. The van der Waals surface area contributed by atoms with E-state index in [0.29, 0.717) is 45.3 Å². The molecule has 3 aliphatic rings. The van der Waals surface area contributed by atoms with Crippen LogP contribution >= 0.6 is 0 Å². The van der Waals surface area contributed by atoms with Crippen molar-refractivity contribution in [3.63, 3.8) is 0 Å². The molecular formula is C60H68N8O14S. The largest absolute Gasteiger partial charge is 0.495 e. The van der Waals surface area contributed by atoms with Gasteiger partial charge in [0.25, 0.3) is 39.6 Å². The molecule has 5 aromatic carbocycles. The number of fused-ring (bicyclic) bond motifs is 1. The lowest BCUT2D eigenvalue weighted by Gasteiger charge is -2.29. The first-order valence-corrected chi connectivity index (χ1v) is 28.3. The Kier molecular flexibility index (Phi) is 18.9. The first kappa shape index (κ1) is 61.7. The molecule has 0 aliphatic carbocycles. The number of ketones is 1. The van der Waals surface area contributed by atoms with Crippen LogP contribution in [-0.2, 0) is 66.0 Å². The van der Waals surface area contributed by atoms with E-state index in [-0.39, 0.29) is 53.5 Å². The number of Topliss-reactive ketones (excluding diaryl/α,β-unsaturated/α-hetero) is 1. The predicted molar refractivity (Wildman–Crippen MR) is 308 cm³/mol. The van der Waals surface area contributed by atoms with Crippen LogP contribution in [0.15, 0.2) is 126 Å². The molecule has 3 heterocycles. The van der Waals surface area contributed by atoms with E-state index in [0.717, 1.165) is 11.1 Å². The molecule has 2 saturated heterocycles. The van der Waals surface area contributed by atoms with Gasteiger partial charge in [0.05, 0.1) is 24.2 Å². The number of carbonyl (C=O) groups excluding carboxylic acids is 9. The van der Waals surface area contributed by atoms with Gasteiger partial charge in [0, 0.05) is 47.2 Å². The summed E-state index contributed by atoms with van der Waals surface area (Å²) in [7, 11) is -2.63. The first-order chi connectivity index (χ1) is 39.2. The Labute approximate surface area is 481 Å². The number of hydrogen-bond acceptors (Lipinski definition) is 14. The van der Waals surface area contributed by atoms with Crippen molar-refractivity contribution < 1.29 is 65.8 Å². The molecule has 0 radical (unpaired) electrons. The second-order valence-electron chi connectivity index (χ2n) is 21.4. The average molecular weight is 1160 g/mol. The van der Waals surface area contributed by atoms with Crippen LogP contribution < -0.4 is 30.3 Å². The summed E-state index contributed by atoms with van der Waals surface area (Å²) >= 11 is 0.